The summed E-state index contributed by atoms with van der Waals surface area (Å²) in [5.74, 6) is 0.196. The van der Waals surface area contributed by atoms with E-state index in [0.717, 1.165) is 54.0 Å². The Bertz CT molecular complexity index is 1830. The summed E-state index contributed by atoms with van der Waals surface area (Å²) in [5.41, 5.74) is 1.27. The first kappa shape index (κ1) is 33.5. The molecule has 0 atom stereocenters. The van der Waals surface area contributed by atoms with Crippen molar-refractivity contribution in [1.29, 1.82) is 0 Å². The highest BCUT2D eigenvalue weighted by Crippen LogP contribution is 2.33. The molecule has 256 valence electrons. The van der Waals surface area contributed by atoms with Gasteiger partial charge in [-0.05, 0) is 72.6 Å². The second-order valence-electron chi connectivity index (χ2n) is 11.6. The Morgan fingerprint density at radius 3 is 2.41 bits per heavy atom. The SMILES string of the molecule is Cc1cc(NCCC(=O)N2CCN(Cc3ccc4c(c3)OCO4)CC2)ccc1Oc1ccc(NC(=O)c2ccc(C(F)(F)F)cc2F)cn1. The molecule has 0 radical (unpaired) electrons. The number of rotatable bonds is 10. The second-order valence-corrected chi connectivity index (χ2v) is 11.6. The lowest BCUT2D eigenvalue weighted by molar-refractivity contribution is -0.137. The van der Waals surface area contributed by atoms with Crippen LogP contribution in [0.4, 0.5) is 28.9 Å². The number of pyridine rings is 1. The van der Waals surface area contributed by atoms with Gasteiger partial charge in [-0.1, -0.05) is 6.07 Å². The van der Waals surface area contributed by atoms with Crippen molar-refractivity contribution in [2.45, 2.75) is 26.1 Å². The van der Waals surface area contributed by atoms with Crippen LogP contribution < -0.4 is 24.8 Å². The van der Waals surface area contributed by atoms with Crippen LogP contribution >= 0.6 is 0 Å². The number of hydrogen-bond acceptors (Lipinski definition) is 8. The monoisotopic (exact) mass is 679 g/mol. The minimum atomic E-state index is -4.72. The number of halogens is 4. The topological polar surface area (TPSA) is 105 Å². The summed E-state index contributed by atoms with van der Waals surface area (Å²) in [7, 11) is 0. The van der Waals surface area contributed by atoms with E-state index in [1.165, 1.54) is 18.3 Å². The molecule has 2 N–H and O–H groups in total. The van der Waals surface area contributed by atoms with Crippen LogP contribution in [0.15, 0.2) is 72.9 Å². The molecule has 1 fully saturated rings. The van der Waals surface area contributed by atoms with Crippen molar-refractivity contribution < 1.29 is 41.4 Å². The van der Waals surface area contributed by atoms with E-state index in [2.05, 4.69) is 20.5 Å². The molecular weight excluding hydrogens is 646 g/mol. The fourth-order valence-corrected chi connectivity index (χ4v) is 5.50. The van der Waals surface area contributed by atoms with Crippen LogP contribution in [0.3, 0.4) is 0 Å². The lowest BCUT2D eigenvalue weighted by atomic mass is 10.1. The van der Waals surface area contributed by atoms with Crippen LogP contribution in [0.5, 0.6) is 23.1 Å². The molecule has 6 rings (SSSR count). The predicted molar refractivity (Wildman–Crippen MR) is 172 cm³/mol. The summed E-state index contributed by atoms with van der Waals surface area (Å²) in [6.07, 6.45) is -3.07. The van der Waals surface area contributed by atoms with E-state index in [-0.39, 0.29) is 30.3 Å². The molecule has 1 aromatic heterocycles. The number of ether oxygens (including phenoxy) is 3. The molecule has 0 saturated carbocycles. The Morgan fingerprint density at radius 2 is 1.69 bits per heavy atom. The molecule has 0 aliphatic carbocycles. The van der Waals surface area contributed by atoms with Crippen LogP contribution in [0, 0.1) is 12.7 Å². The van der Waals surface area contributed by atoms with E-state index >= 15 is 0 Å². The Balaban J connectivity index is 0.929. The van der Waals surface area contributed by atoms with Gasteiger partial charge in [0.25, 0.3) is 5.91 Å². The third-order valence-corrected chi connectivity index (χ3v) is 8.16. The van der Waals surface area contributed by atoms with Gasteiger partial charge >= 0.3 is 6.18 Å². The van der Waals surface area contributed by atoms with Gasteiger partial charge in [-0.2, -0.15) is 13.2 Å². The van der Waals surface area contributed by atoms with Gasteiger partial charge in [-0.3, -0.25) is 14.5 Å². The van der Waals surface area contributed by atoms with Gasteiger partial charge in [0.15, 0.2) is 11.5 Å². The average Bonchev–Trinajstić information content (AvgIpc) is 3.55. The van der Waals surface area contributed by atoms with Crippen molar-refractivity contribution in [2.75, 3.05) is 50.2 Å². The first-order valence-corrected chi connectivity index (χ1v) is 15.6. The molecule has 0 spiro atoms. The van der Waals surface area contributed by atoms with Crippen molar-refractivity contribution in [2.24, 2.45) is 0 Å². The molecule has 10 nitrogen and oxygen atoms in total. The maximum Gasteiger partial charge on any atom is 0.416 e. The quantitative estimate of drug-likeness (QED) is 0.184. The van der Waals surface area contributed by atoms with Crippen molar-refractivity contribution >= 4 is 23.2 Å². The fourth-order valence-electron chi connectivity index (χ4n) is 5.50. The van der Waals surface area contributed by atoms with Crippen LogP contribution in [0.2, 0.25) is 0 Å². The highest BCUT2D eigenvalue weighted by molar-refractivity contribution is 6.04. The number of anilines is 2. The van der Waals surface area contributed by atoms with Crippen LogP contribution in [0.1, 0.15) is 33.5 Å². The number of nitrogens with one attached hydrogen (secondary N) is 2. The molecule has 2 aliphatic rings. The minimum Gasteiger partial charge on any atom is -0.454 e. The number of carbonyl (C=O) groups excluding carboxylic acids is 2. The third kappa shape index (κ3) is 8.38. The van der Waals surface area contributed by atoms with E-state index in [1.807, 2.05) is 42.2 Å². The van der Waals surface area contributed by atoms with Crippen molar-refractivity contribution in [3.8, 4) is 23.1 Å². The number of fused-ring (bicyclic) bond motifs is 1. The molecule has 2 aliphatic heterocycles. The molecule has 0 unspecified atom stereocenters. The zero-order valence-electron chi connectivity index (χ0n) is 26.5. The number of alkyl halides is 3. The van der Waals surface area contributed by atoms with Gasteiger partial charge in [0.1, 0.15) is 11.6 Å². The van der Waals surface area contributed by atoms with E-state index in [4.69, 9.17) is 14.2 Å². The Hall–Kier alpha value is -5.37. The van der Waals surface area contributed by atoms with E-state index in [0.29, 0.717) is 37.9 Å². The number of benzene rings is 3. The standard InChI is InChI=1S/C35H33F4N5O5/c1-22-16-25(40-11-10-33(45)44-14-12-43(13-15-44)20-23-2-7-30-31(17-23)48-21-47-30)4-8-29(22)49-32-9-5-26(19-41-32)42-34(46)27-6-3-24(18-28(27)36)35(37,38)39/h2-9,16-19,40H,10-15,20-21H2,1H3,(H,42,46). The van der Waals surface area contributed by atoms with E-state index in [9.17, 15) is 27.2 Å². The number of hydrogen-bond donors (Lipinski definition) is 2. The number of amides is 2. The van der Waals surface area contributed by atoms with Gasteiger partial charge < -0.3 is 29.7 Å². The molecule has 2 amide bonds. The first-order chi connectivity index (χ1) is 23.5. The van der Waals surface area contributed by atoms with Crippen molar-refractivity contribution in [3.63, 3.8) is 0 Å². The Morgan fingerprint density at radius 1 is 0.918 bits per heavy atom. The molecule has 49 heavy (non-hydrogen) atoms. The van der Waals surface area contributed by atoms with Crippen LogP contribution in [-0.2, 0) is 17.5 Å². The van der Waals surface area contributed by atoms with Gasteiger partial charge in [0, 0.05) is 57.4 Å². The zero-order chi connectivity index (χ0) is 34.5. The average molecular weight is 680 g/mol. The first-order valence-electron chi connectivity index (χ1n) is 15.6. The normalized spacial score (nSPS) is 14.4. The second kappa shape index (κ2) is 14.4. The summed E-state index contributed by atoms with van der Waals surface area (Å²) >= 11 is 0. The largest absolute Gasteiger partial charge is 0.454 e. The van der Waals surface area contributed by atoms with Crippen molar-refractivity contribution in [3.05, 3.63) is 101 Å². The molecule has 3 aromatic carbocycles. The smallest absolute Gasteiger partial charge is 0.416 e. The number of carbonyl (C=O) groups is 2. The third-order valence-electron chi connectivity index (χ3n) is 8.16. The maximum absolute atomic E-state index is 14.2. The lowest BCUT2D eigenvalue weighted by Gasteiger charge is -2.35. The molecule has 3 heterocycles. The summed E-state index contributed by atoms with van der Waals surface area (Å²) in [6, 6.07) is 16.1. The molecule has 14 heteroatoms. The summed E-state index contributed by atoms with van der Waals surface area (Å²) in [4.78, 5) is 33.6. The molecule has 4 aromatic rings. The van der Waals surface area contributed by atoms with Crippen LogP contribution in [-0.4, -0.2) is 66.1 Å². The number of nitrogens with zero attached hydrogens (tertiary/aromatic N) is 3. The highest BCUT2D eigenvalue weighted by atomic mass is 19.4. The number of aryl methyl sites for hydroxylation is 1. The van der Waals surface area contributed by atoms with Crippen LogP contribution in [0.25, 0.3) is 0 Å². The lowest BCUT2D eigenvalue weighted by Crippen LogP contribution is -2.48. The number of aromatic nitrogens is 1. The highest BCUT2D eigenvalue weighted by Gasteiger charge is 2.31. The van der Waals surface area contributed by atoms with Gasteiger partial charge in [0.05, 0.1) is 23.0 Å². The minimum absolute atomic E-state index is 0.0992. The molecule has 1 saturated heterocycles. The zero-order valence-corrected chi connectivity index (χ0v) is 26.5. The maximum atomic E-state index is 14.2. The fraction of sp³-hybridized carbons (Fsp3) is 0.286. The van der Waals surface area contributed by atoms with Gasteiger partial charge in [-0.25, -0.2) is 9.37 Å². The summed E-state index contributed by atoms with van der Waals surface area (Å²) in [5, 5.41) is 5.70. The molecular formula is C35H33F4N5O5. The number of piperazine rings is 1. The Labute approximate surface area is 279 Å². The predicted octanol–water partition coefficient (Wildman–Crippen LogP) is 6.47. The van der Waals surface area contributed by atoms with E-state index in [1.54, 1.807) is 6.07 Å². The van der Waals surface area contributed by atoms with Gasteiger partial charge in [0.2, 0.25) is 18.6 Å². The van der Waals surface area contributed by atoms with Gasteiger partial charge in [-0.15, -0.1) is 0 Å². The Kier molecular flexibility index (Phi) is 9.85. The van der Waals surface area contributed by atoms with E-state index < -0.39 is 29.0 Å². The summed E-state index contributed by atoms with van der Waals surface area (Å²) in [6.45, 7) is 6.31. The summed E-state index contributed by atoms with van der Waals surface area (Å²) < 4.78 is 69.2. The van der Waals surface area contributed by atoms with Crippen molar-refractivity contribution in [1.82, 2.24) is 14.8 Å². The molecule has 0 bridgehead atoms.